The quantitative estimate of drug-likeness (QED) is 0.924. The van der Waals surface area contributed by atoms with Crippen LogP contribution in [-0.4, -0.2) is 41.9 Å². The minimum Gasteiger partial charge on any atom is -0.481 e. The van der Waals surface area contributed by atoms with Gasteiger partial charge >= 0.3 is 0 Å². The molecular weight excluding hydrogens is 304 g/mol. The molecule has 0 spiro atoms. The summed E-state index contributed by atoms with van der Waals surface area (Å²) < 4.78 is 5.60. The van der Waals surface area contributed by atoms with E-state index in [1.165, 1.54) is 0 Å². The summed E-state index contributed by atoms with van der Waals surface area (Å²) in [7, 11) is 0. The van der Waals surface area contributed by atoms with E-state index in [0.29, 0.717) is 23.9 Å². The van der Waals surface area contributed by atoms with Gasteiger partial charge in [0.25, 0.3) is 5.91 Å². The predicted octanol–water partition coefficient (Wildman–Crippen LogP) is 2.23. The Morgan fingerprint density at radius 2 is 2.05 bits per heavy atom. The largest absolute Gasteiger partial charge is 0.481 e. The molecule has 5 nitrogen and oxygen atoms in total. The molecule has 22 heavy (non-hydrogen) atoms. The first-order chi connectivity index (χ1) is 10.5. The van der Waals surface area contributed by atoms with E-state index in [9.17, 15) is 9.59 Å². The van der Waals surface area contributed by atoms with Crippen LogP contribution in [0.2, 0.25) is 5.02 Å². The van der Waals surface area contributed by atoms with Crippen molar-refractivity contribution in [2.45, 2.75) is 38.8 Å². The van der Waals surface area contributed by atoms with Gasteiger partial charge in [0.15, 0.2) is 6.10 Å². The molecule has 120 valence electrons. The SMILES string of the molecule is CC(=O)N1CCC(NC(=O)C(C)Oc2cccc(Cl)c2)CC1. The number of halogens is 1. The number of rotatable bonds is 4. The predicted molar refractivity (Wildman–Crippen MR) is 85.0 cm³/mol. The molecule has 1 fully saturated rings. The van der Waals surface area contributed by atoms with Crippen molar-refractivity contribution in [3.63, 3.8) is 0 Å². The van der Waals surface area contributed by atoms with Crippen LogP contribution in [0.25, 0.3) is 0 Å². The Morgan fingerprint density at radius 1 is 1.36 bits per heavy atom. The number of nitrogens with zero attached hydrogens (tertiary/aromatic N) is 1. The van der Waals surface area contributed by atoms with Crippen LogP contribution in [0.5, 0.6) is 5.75 Å². The number of piperidine rings is 1. The summed E-state index contributed by atoms with van der Waals surface area (Å²) in [6.45, 7) is 4.65. The zero-order valence-corrected chi connectivity index (χ0v) is 13.6. The van der Waals surface area contributed by atoms with E-state index in [1.54, 1.807) is 43.0 Å². The van der Waals surface area contributed by atoms with Crippen LogP contribution in [0.15, 0.2) is 24.3 Å². The second-order valence-corrected chi connectivity index (χ2v) is 5.94. The van der Waals surface area contributed by atoms with Crippen LogP contribution in [-0.2, 0) is 9.59 Å². The molecule has 2 amide bonds. The zero-order valence-electron chi connectivity index (χ0n) is 12.8. The summed E-state index contributed by atoms with van der Waals surface area (Å²) in [6.07, 6.45) is 0.953. The van der Waals surface area contributed by atoms with Crippen molar-refractivity contribution in [2.75, 3.05) is 13.1 Å². The minimum atomic E-state index is -0.593. The van der Waals surface area contributed by atoms with Crippen molar-refractivity contribution in [3.05, 3.63) is 29.3 Å². The van der Waals surface area contributed by atoms with E-state index < -0.39 is 6.10 Å². The summed E-state index contributed by atoms with van der Waals surface area (Å²) in [5.74, 6) is 0.505. The number of nitrogens with one attached hydrogen (secondary N) is 1. The number of hydrogen-bond donors (Lipinski definition) is 1. The van der Waals surface area contributed by atoms with Crippen molar-refractivity contribution in [1.29, 1.82) is 0 Å². The first-order valence-electron chi connectivity index (χ1n) is 7.44. The molecule has 1 aliphatic rings. The van der Waals surface area contributed by atoms with Crippen molar-refractivity contribution < 1.29 is 14.3 Å². The van der Waals surface area contributed by atoms with Gasteiger partial charge in [-0.15, -0.1) is 0 Å². The molecule has 0 radical (unpaired) electrons. The Labute approximate surface area is 135 Å². The van der Waals surface area contributed by atoms with Crippen LogP contribution >= 0.6 is 11.6 Å². The van der Waals surface area contributed by atoms with Gasteiger partial charge in [-0.25, -0.2) is 0 Å². The van der Waals surface area contributed by atoms with Gasteiger partial charge < -0.3 is 15.0 Å². The highest BCUT2D eigenvalue weighted by Crippen LogP contribution is 2.18. The zero-order chi connectivity index (χ0) is 16.1. The molecule has 0 bridgehead atoms. The number of hydrogen-bond acceptors (Lipinski definition) is 3. The highest BCUT2D eigenvalue weighted by atomic mass is 35.5. The number of carbonyl (C=O) groups excluding carboxylic acids is 2. The van der Waals surface area contributed by atoms with Gasteiger partial charge in [-0.3, -0.25) is 9.59 Å². The van der Waals surface area contributed by atoms with Gasteiger partial charge in [-0.2, -0.15) is 0 Å². The summed E-state index contributed by atoms with van der Waals surface area (Å²) >= 11 is 5.89. The van der Waals surface area contributed by atoms with E-state index in [1.807, 2.05) is 0 Å². The van der Waals surface area contributed by atoms with Gasteiger partial charge in [0.1, 0.15) is 5.75 Å². The molecule has 1 heterocycles. The van der Waals surface area contributed by atoms with Crippen molar-refractivity contribution in [2.24, 2.45) is 0 Å². The number of ether oxygens (including phenoxy) is 1. The van der Waals surface area contributed by atoms with Crippen LogP contribution < -0.4 is 10.1 Å². The summed E-state index contributed by atoms with van der Waals surface area (Å²) in [6, 6.07) is 7.06. The van der Waals surface area contributed by atoms with E-state index in [4.69, 9.17) is 16.3 Å². The van der Waals surface area contributed by atoms with Crippen molar-refractivity contribution >= 4 is 23.4 Å². The number of carbonyl (C=O) groups is 2. The fraction of sp³-hybridized carbons (Fsp3) is 0.500. The lowest BCUT2D eigenvalue weighted by atomic mass is 10.0. The monoisotopic (exact) mass is 324 g/mol. The molecule has 6 heteroatoms. The Hall–Kier alpha value is -1.75. The lowest BCUT2D eigenvalue weighted by Crippen LogP contribution is -2.48. The average Bonchev–Trinajstić information content (AvgIpc) is 2.47. The second-order valence-electron chi connectivity index (χ2n) is 5.51. The number of likely N-dealkylation sites (tertiary alicyclic amines) is 1. The summed E-state index contributed by atoms with van der Waals surface area (Å²) in [4.78, 5) is 25.2. The Balaban J connectivity index is 1.81. The maximum Gasteiger partial charge on any atom is 0.260 e. The molecule has 2 rings (SSSR count). The van der Waals surface area contributed by atoms with Gasteiger partial charge in [-0.1, -0.05) is 17.7 Å². The third kappa shape index (κ3) is 4.63. The normalized spacial score (nSPS) is 17.0. The van der Waals surface area contributed by atoms with Gasteiger partial charge in [0, 0.05) is 31.1 Å². The Morgan fingerprint density at radius 3 is 2.64 bits per heavy atom. The first-order valence-corrected chi connectivity index (χ1v) is 7.81. The fourth-order valence-electron chi connectivity index (χ4n) is 2.46. The van der Waals surface area contributed by atoms with Gasteiger partial charge in [-0.05, 0) is 38.0 Å². The summed E-state index contributed by atoms with van der Waals surface area (Å²) in [5.41, 5.74) is 0. The second kappa shape index (κ2) is 7.49. The van der Waals surface area contributed by atoms with E-state index >= 15 is 0 Å². The molecular formula is C16H21ClN2O3. The topological polar surface area (TPSA) is 58.6 Å². The third-order valence-corrected chi connectivity index (χ3v) is 4.00. The lowest BCUT2D eigenvalue weighted by molar-refractivity contribution is -0.130. The lowest BCUT2D eigenvalue weighted by Gasteiger charge is -2.32. The fourth-order valence-corrected chi connectivity index (χ4v) is 2.64. The molecule has 1 saturated heterocycles. The molecule has 1 atom stereocenters. The molecule has 0 aromatic heterocycles. The molecule has 1 aromatic carbocycles. The molecule has 1 aromatic rings. The summed E-state index contributed by atoms with van der Waals surface area (Å²) in [5, 5.41) is 3.55. The Bertz CT molecular complexity index is 542. The van der Waals surface area contributed by atoms with E-state index in [2.05, 4.69) is 5.32 Å². The van der Waals surface area contributed by atoms with Crippen LogP contribution in [0.1, 0.15) is 26.7 Å². The molecule has 0 saturated carbocycles. The average molecular weight is 325 g/mol. The molecule has 0 aliphatic carbocycles. The van der Waals surface area contributed by atoms with Crippen LogP contribution in [0, 0.1) is 0 Å². The highest BCUT2D eigenvalue weighted by Gasteiger charge is 2.24. The van der Waals surface area contributed by atoms with Gasteiger partial charge in [0.2, 0.25) is 5.91 Å². The van der Waals surface area contributed by atoms with E-state index in [-0.39, 0.29) is 17.9 Å². The van der Waals surface area contributed by atoms with Gasteiger partial charge in [0.05, 0.1) is 0 Å². The Kier molecular flexibility index (Phi) is 5.66. The number of benzene rings is 1. The molecule has 1 unspecified atom stereocenters. The van der Waals surface area contributed by atoms with Crippen molar-refractivity contribution in [1.82, 2.24) is 10.2 Å². The van der Waals surface area contributed by atoms with Crippen LogP contribution in [0.4, 0.5) is 0 Å². The maximum absolute atomic E-state index is 12.2. The number of amides is 2. The maximum atomic E-state index is 12.2. The van der Waals surface area contributed by atoms with E-state index in [0.717, 1.165) is 12.8 Å². The first kappa shape index (κ1) is 16.6. The van der Waals surface area contributed by atoms with Crippen molar-refractivity contribution in [3.8, 4) is 5.75 Å². The highest BCUT2D eigenvalue weighted by molar-refractivity contribution is 6.30. The van der Waals surface area contributed by atoms with Crippen LogP contribution in [0.3, 0.4) is 0 Å². The standard InChI is InChI=1S/C16H21ClN2O3/c1-11(22-15-5-3-4-13(17)10-15)16(21)18-14-6-8-19(9-7-14)12(2)20/h3-5,10-11,14H,6-9H2,1-2H3,(H,18,21). The molecule has 1 aliphatic heterocycles. The smallest absolute Gasteiger partial charge is 0.260 e. The minimum absolute atomic E-state index is 0.0856. The molecule has 1 N–H and O–H groups in total. The third-order valence-electron chi connectivity index (χ3n) is 3.76.